The second kappa shape index (κ2) is 9.59. The molecule has 1 aliphatic rings. The van der Waals surface area contributed by atoms with Gasteiger partial charge >= 0.3 is 0 Å². The molecule has 0 unspecified atom stereocenters. The predicted molar refractivity (Wildman–Crippen MR) is 128 cm³/mol. The number of hydrazone groups is 1. The molecule has 1 amide bonds. The van der Waals surface area contributed by atoms with Crippen LogP contribution < -0.4 is 10.7 Å². The fraction of sp³-hybridized carbons (Fsp3) is 0.0741. The molecule has 156 valence electrons. The highest BCUT2D eigenvalue weighted by Crippen LogP contribution is 2.35. The lowest BCUT2D eigenvalue weighted by atomic mass is 10.0. The van der Waals surface area contributed by atoms with Gasteiger partial charge in [-0.1, -0.05) is 78.9 Å². The Hall–Kier alpha value is -4.43. The van der Waals surface area contributed by atoms with Crippen LogP contribution >= 0.6 is 0 Å². The summed E-state index contributed by atoms with van der Waals surface area (Å²) in [6.07, 6.45) is 6.41. The van der Waals surface area contributed by atoms with Crippen LogP contribution in [0.3, 0.4) is 0 Å². The standard InChI is InChI=1S/C27H22N4O/c28-19-23(27(29)32)17-21-12-15-25(16-13-21)31-26(22-9-5-2-6-10-22)18-24(30-31)14-11-20-7-3-1-4-8-20/h1-17,26H,18H2,(H2,29,32)/b14-11+,23-17+/t26-/m1/s1. The van der Waals surface area contributed by atoms with E-state index in [2.05, 4.69) is 36.4 Å². The van der Waals surface area contributed by atoms with Gasteiger partial charge in [-0.15, -0.1) is 0 Å². The summed E-state index contributed by atoms with van der Waals surface area (Å²) in [5.41, 5.74) is 10.1. The van der Waals surface area contributed by atoms with Crippen LogP contribution in [0.1, 0.15) is 29.2 Å². The van der Waals surface area contributed by atoms with Gasteiger partial charge in [-0.3, -0.25) is 9.80 Å². The molecule has 2 N–H and O–H groups in total. The van der Waals surface area contributed by atoms with Crippen molar-refractivity contribution in [2.45, 2.75) is 12.5 Å². The summed E-state index contributed by atoms with van der Waals surface area (Å²) in [6, 6.07) is 29.9. The van der Waals surface area contributed by atoms with Crippen LogP contribution in [-0.2, 0) is 4.79 Å². The SMILES string of the molecule is N#C/C(=C\c1ccc(N2N=C(/C=C/c3ccccc3)C[C@@H]2c2ccccc2)cc1)C(N)=O. The first-order valence-electron chi connectivity index (χ1n) is 10.3. The highest BCUT2D eigenvalue weighted by molar-refractivity contribution is 6.01. The van der Waals surface area contributed by atoms with Gasteiger partial charge in [0.15, 0.2) is 0 Å². The molecule has 3 aromatic rings. The number of allylic oxidation sites excluding steroid dienone is 1. The molecule has 0 saturated heterocycles. The zero-order valence-corrected chi connectivity index (χ0v) is 17.4. The Morgan fingerprint density at radius 3 is 2.22 bits per heavy atom. The first kappa shape index (κ1) is 20.8. The maximum absolute atomic E-state index is 11.3. The van der Waals surface area contributed by atoms with E-state index in [1.165, 1.54) is 11.6 Å². The normalized spacial score (nSPS) is 16.1. The minimum atomic E-state index is -0.736. The van der Waals surface area contributed by atoms with E-state index in [4.69, 9.17) is 16.1 Å². The average Bonchev–Trinajstić information content (AvgIpc) is 3.27. The van der Waals surface area contributed by atoms with Gasteiger partial charge in [-0.05, 0) is 41.0 Å². The van der Waals surface area contributed by atoms with E-state index >= 15 is 0 Å². The number of hydrogen-bond acceptors (Lipinski definition) is 4. The summed E-state index contributed by atoms with van der Waals surface area (Å²) in [5, 5.41) is 16.0. The lowest BCUT2D eigenvalue weighted by molar-refractivity contribution is -0.114. The van der Waals surface area contributed by atoms with Crippen LogP contribution in [0.5, 0.6) is 0 Å². The van der Waals surface area contributed by atoms with Gasteiger partial charge in [0.05, 0.1) is 17.4 Å². The van der Waals surface area contributed by atoms with Gasteiger partial charge in [0.1, 0.15) is 11.6 Å². The number of nitrogens with zero attached hydrogens (tertiary/aromatic N) is 3. The lowest BCUT2D eigenvalue weighted by Gasteiger charge is -2.24. The summed E-state index contributed by atoms with van der Waals surface area (Å²) in [7, 11) is 0. The number of primary amides is 1. The number of anilines is 1. The van der Waals surface area contributed by atoms with E-state index in [1.807, 2.05) is 71.7 Å². The molecule has 1 atom stereocenters. The highest BCUT2D eigenvalue weighted by atomic mass is 16.1. The molecular weight excluding hydrogens is 396 g/mol. The Kier molecular flexibility index (Phi) is 6.24. The Bertz CT molecular complexity index is 1220. The fourth-order valence-electron chi connectivity index (χ4n) is 3.61. The molecule has 0 aliphatic carbocycles. The number of rotatable bonds is 6. The summed E-state index contributed by atoms with van der Waals surface area (Å²) < 4.78 is 0. The Morgan fingerprint density at radius 2 is 1.59 bits per heavy atom. The number of carbonyl (C=O) groups is 1. The molecule has 3 aromatic carbocycles. The maximum Gasteiger partial charge on any atom is 0.259 e. The largest absolute Gasteiger partial charge is 0.365 e. The Morgan fingerprint density at radius 1 is 0.938 bits per heavy atom. The van der Waals surface area contributed by atoms with Crippen molar-refractivity contribution in [3.8, 4) is 6.07 Å². The van der Waals surface area contributed by atoms with Gasteiger partial charge in [-0.25, -0.2) is 0 Å². The summed E-state index contributed by atoms with van der Waals surface area (Å²) in [4.78, 5) is 11.3. The van der Waals surface area contributed by atoms with Crippen molar-refractivity contribution >= 4 is 29.5 Å². The maximum atomic E-state index is 11.3. The van der Waals surface area contributed by atoms with Crippen molar-refractivity contribution in [1.82, 2.24) is 0 Å². The van der Waals surface area contributed by atoms with Crippen LogP contribution in [-0.4, -0.2) is 11.6 Å². The van der Waals surface area contributed by atoms with E-state index in [9.17, 15) is 4.79 Å². The van der Waals surface area contributed by atoms with Crippen molar-refractivity contribution in [3.05, 3.63) is 113 Å². The van der Waals surface area contributed by atoms with Crippen molar-refractivity contribution in [2.75, 3.05) is 5.01 Å². The van der Waals surface area contributed by atoms with Crippen LogP contribution in [0.2, 0.25) is 0 Å². The number of benzene rings is 3. The van der Waals surface area contributed by atoms with Gasteiger partial charge in [0.2, 0.25) is 0 Å². The third kappa shape index (κ3) is 4.82. The van der Waals surface area contributed by atoms with Crippen molar-refractivity contribution in [2.24, 2.45) is 10.8 Å². The number of carbonyl (C=O) groups excluding carboxylic acids is 1. The molecule has 1 aliphatic heterocycles. The molecule has 5 heteroatoms. The zero-order chi connectivity index (χ0) is 22.3. The number of amides is 1. The molecule has 32 heavy (non-hydrogen) atoms. The number of nitrogens with two attached hydrogens (primary N) is 1. The molecular formula is C27H22N4O. The first-order valence-corrected chi connectivity index (χ1v) is 10.3. The molecule has 0 saturated carbocycles. The second-order valence-electron chi connectivity index (χ2n) is 7.44. The van der Waals surface area contributed by atoms with E-state index in [1.54, 1.807) is 0 Å². The molecule has 0 aromatic heterocycles. The van der Waals surface area contributed by atoms with E-state index in [0.29, 0.717) is 0 Å². The molecule has 1 heterocycles. The summed E-state index contributed by atoms with van der Waals surface area (Å²) in [5.74, 6) is -0.736. The molecule has 0 fully saturated rings. The van der Waals surface area contributed by atoms with Crippen molar-refractivity contribution in [1.29, 1.82) is 5.26 Å². The predicted octanol–water partition coefficient (Wildman–Crippen LogP) is 5.10. The van der Waals surface area contributed by atoms with Gasteiger partial charge < -0.3 is 5.73 Å². The minimum Gasteiger partial charge on any atom is -0.365 e. The van der Waals surface area contributed by atoms with E-state index < -0.39 is 5.91 Å². The molecule has 0 spiro atoms. The summed E-state index contributed by atoms with van der Waals surface area (Å²) in [6.45, 7) is 0. The quantitative estimate of drug-likeness (QED) is 0.447. The van der Waals surface area contributed by atoms with Crippen LogP contribution in [0.4, 0.5) is 5.69 Å². The second-order valence-corrected chi connectivity index (χ2v) is 7.44. The summed E-state index contributed by atoms with van der Waals surface area (Å²) >= 11 is 0. The van der Waals surface area contributed by atoms with Gasteiger partial charge in [0.25, 0.3) is 5.91 Å². The van der Waals surface area contributed by atoms with Crippen LogP contribution in [0.15, 0.2) is 102 Å². The molecule has 0 radical (unpaired) electrons. The van der Waals surface area contributed by atoms with Gasteiger partial charge in [-0.2, -0.15) is 10.4 Å². The Balaban J connectivity index is 1.63. The zero-order valence-electron chi connectivity index (χ0n) is 17.4. The van der Waals surface area contributed by atoms with Crippen LogP contribution in [0.25, 0.3) is 12.2 Å². The average molecular weight is 419 g/mol. The molecule has 5 nitrogen and oxygen atoms in total. The van der Waals surface area contributed by atoms with E-state index in [-0.39, 0.29) is 11.6 Å². The van der Waals surface area contributed by atoms with Crippen molar-refractivity contribution in [3.63, 3.8) is 0 Å². The third-order valence-corrected chi connectivity index (χ3v) is 5.24. The smallest absolute Gasteiger partial charge is 0.259 e. The van der Waals surface area contributed by atoms with Crippen molar-refractivity contribution < 1.29 is 4.79 Å². The van der Waals surface area contributed by atoms with Crippen LogP contribution in [0, 0.1) is 11.3 Å². The van der Waals surface area contributed by atoms with Gasteiger partial charge in [0, 0.05) is 6.42 Å². The minimum absolute atomic E-state index is 0.0764. The Labute approximate surface area is 187 Å². The first-order chi connectivity index (χ1) is 15.6. The van der Waals surface area contributed by atoms with E-state index in [0.717, 1.165) is 28.9 Å². The molecule has 0 bridgehead atoms. The monoisotopic (exact) mass is 418 g/mol. The fourth-order valence-corrected chi connectivity index (χ4v) is 3.61. The number of hydrogen-bond donors (Lipinski definition) is 1. The topological polar surface area (TPSA) is 82.5 Å². The molecule has 4 rings (SSSR count). The number of nitriles is 1. The lowest BCUT2D eigenvalue weighted by Crippen LogP contribution is -2.18. The highest BCUT2D eigenvalue weighted by Gasteiger charge is 2.28. The third-order valence-electron chi connectivity index (χ3n) is 5.24.